The molecule has 0 aromatic carbocycles. The second kappa shape index (κ2) is 5.48. The third kappa shape index (κ3) is 2.64. The fourth-order valence-corrected chi connectivity index (χ4v) is 1.88. The lowest BCUT2D eigenvalue weighted by molar-refractivity contribution is 0.0745. The number of nitrogens with zero attached hydrogens (tertiary/aromatic N) is 3. The van der Waals surface area contributed by atoms with Gasteiger partial charge in [-0.1, -0.05) is 15.9 Å². The highest BCUT2D eigenvalue weighted by atomic mass is 79.9. The van der Waals surface area contributed by atoms with Crippen LogP contribution < -0.4 is 0 Å². The first-order valence-electron chi connectivity index (χ1n) is 5.38. The van der Waals surface area contributed by atoms with E-state index in [1.54, 1.807) is 9.58 Å². The van der Waals surface area contributed by atoms with Gasteiger partial charge in [0.25, 0.3) is 5.91 Å². The Hall–Kier alpha value is -0.840. The van der Waals surface area contributed by atoms with E-state index < -0.39 is 0 Å². The van der Waals surface area contributed by atoms with Crippen molar-refractivity contribution < 1.29 is 4.79 Å². The van der Waals surface area contributed by atoms with E-state index in [9.17, 15) is 4.79 Å². The topological polar surface area (TPSA) is 38.1 Å². The summed E-state index contributed by atoms with van der Waals surface area (Å²) in [6.45, 7) is 6.60. The molecule has 1 atom stereocenters. The molecule has 0 fully saturated rings. The van der Waals surface area contributed by atoms with Crippen molar-refractivity contribution in [2.75, 3.05) is 12.4 Å². The van der Waals surface area contributed by atoms with Crippen LogP contribution in [0, 0.1) is 6.92 Å². The molecule has 90 valence electrons. The third-order valence-electron chi connectivity index (χ3n) is 2.63. The number of aromatic nitrogens is 2. The molecule has 0 saturated carbocycles. The standard InChI is InChI=1S/C11H18BrN3O/c1-5-15-10(6-8(2)13-15)11(16)14(4)9(3)7-12/h6,9H,5,7H2,1-4H3. The minimum absolute atomic E-state index is 0.0226. The van der Waals surface area contributed by atoms with Crippen molar-refractivity contribution in [2.45, 2.75) is 33.4 Å². The highest BCUT2D eigenvalue weighted by Gasteiger charge is 2.20. The molecule has 5 heteroatoms. The van der Waals surface area contributed by atoms with Gasteiger partial charge in [0.1, 0.15) is 5.69 Å². The maximum atomic E-state index is 12.2. The van der Waals surface area contributed by atoms with Gasteiger partial charge in [-0.05, 0) is 26.8 Å². The van der Waals surface area contributed by atoms with Crippen molar-refractivity contribution in [3.05, 3.63) is 17.5 Å². The predicted molar refractivity (Wildman–Crippen MR) is 68.0 cm³/mol. The Labute approximate surface area is 105 Å². The lowest BCUT2D eigenvalue weighted by atomic mass is 10.3. The molecule has 0 aliphatic carbocycles. The number of carbonyl (C=O) groups is 1. The third-order valence-corrected chi connectivity index (χ3v) is 3.56. The quantitative estimate of drug-likeness (QED) is 0.795. The Balaban J connectivity index is 2.95. The fraction of sp³-hybridized carbons (Fsp3) is 0.636. The molecule has 16 heavy (non-hydrogen) atoms. The molecule has 0 aliphatic heterocycles. The number of alkyl halides is 1. The molecule has 0 N–H and O–H groups in total. The van der Waals surface area contributed by atoms with Crippen LogP contribution in [0.25, 0.3) is 0 Å². The van der Waals surface area contributed by atoms with Gasteiger partial charge in [0.15, 0.2) is 0 Å². The maximum Gasteiger partial charge on any atom is 0.272 e. The zero-order valence-electron chi connectivity index (χ0n) is 10.2. The Morgan fingerprint density at radius 3 is 2.81 bits per heavy atom. The molecule has 4 nitrogen and oxygen atoms in total. The molecule has 1 rings (SSSR count). The van der Waals surface area contributed by atoms with Crippen molar-refractivity contribution in [2.24, 2.45) is 0 Å². The Kier molecular flexibility index (Phi) is 4.53. The first kappa shape index (κ1) is 13.2. The Bertz CT molecular complexity index is 375. The number of aryl methyl sites for hydroxylation is 2. The minimum Gasteiger partial charge on any atom is -0.337 e. The van der Waals surface area contributed by atoms with Crippen molar-refractivity contribution in [3.63, 3.8) is 0 Å². The van der Waals surface area contributed by atoms with Gasteiger partial charge in [-0.2, -0.15) is 5.10 Å². The van der Waals surface area contributed by atoms with Crippen molar-refractivity contribution in [1.82, 2.24) is 14.7 Å². The van der Waals surface area contributed by atoms with E-state index in [1.165, 1.54) is 0 Å². The van der Waals surface area contributed by atoms with Crippen molar-refractivity contribution in [3.8, 4) is 0 Å². The van der Waals surface area contributed by atoms with Gasteiger partial charge in [-0.25, -0.2) is 0 Å². The molecule has 0 bridgehead atoms. The van der Waals surface area contributed by atoms with E-state index in [-0.39, 0.29) is 11.9 Å². The van der Waals surface area contributed by atoms with E-state index in [4.69, 9.17) is 0 Å². The number of amides is 1. The summed E-state index contributed by atoms with van der Waals surface area (Å²) < 4.78 is 1.75. The molecule has 1 aromatic heterocycles. The summed E-state index contributed by atoms with van der Waals surface area (Å²) >= 11 is 3.38. The molecule has 0 saturated heterocycles. The highest BCUT2D eigenvalue weighted by molar-refractivity contribution is 9.09. The second-order valence-corrected chi connectivity index (χ2v) is 4.55. The number of carbonyl (C=O) groups excluding carboxylic acids is 1. The van der Waals surface area contributed by atoms with Crippen LogP contribution in [-0.4, -0.2) is 39.0 Å². The Morgan fingerprint density at radius 1 is 1.69 bits per heavy atom. The zero-order valence-corrected chi connectivity index (χ0v) is 11.8. The highest BCUT2D eigenvalue weighted by Crippen LogP contribution is 2.10. The van der Waals surface area contributed by atoms with Gasteiger partial charge in [0.05, 0.1) is 5.69 Å². The number of hydrogen-bond acceptors (Lipinski definition) is 2. The van der Waals surface area contributed by atoms with E-state index in [1.807, 2.05) is 33.9 Å². The molecule has 0 aliphatic rings. The average Bonchev–Trinajstić information content (AvgIpc) is 2.67. The smallest absolute Gasteiger partial charge is 0.272 e. The molecular formula is C11H18BrN3O. The maximum absolute atomic E-state index is 12.2. The molecular weight excluding hydrogens is 270 g/mol. The number of halogens is 1. The molecule has 1 aromatic rings. The first-order chi connectivity index (χ1) is 7.51. The normalized spacial score (nSPS) is 12.6. The van der Waals surface area contributed by atoms with E-state index in [2.05, 4.69) is 21.0 Å². The van der Waals surface area contributed by atoms with Gasteiger partial charge in [-0.15, -0.1) is 0 Å². The van der Waals surface area contributed by atoms with Crippen LogP contribution in [0.3, 0.4) is 0 Å². The number of hydrogen-bond donors (Lipinski definition) is 0. The average molecular weight is 288 g/mol. The van der Waals surface area contributed by atoms with Crippen LogP contribution in [0.5, 0.6) is 0 Å². The fourth-order valence-electron chi connectivity index (χ4n) is 1.44. The monoisotopic (exact) mass is 287 g/mol. The molecule has 1 amide bonds. The van der Waals surface area contributed by atoms with E-state index >= 15 is 0 Å². The van der Waals surface area contributed by atoms with Crippen LogP contribution >= 0.6 is 15.9 Å². The number of rotatable bonds is 4. The summed E-state index contributed by atoms with van der Waals surface area (Å²) in [7, 11) is 1.82. The second-order valence-electron chi connectivity index (χ2n) is 3.91. The van der Waals surface area contributed by atoms with Gasteiger partial charge >= 0.3 is 0 Å². The van der Waals surface area contributed by atoms with Gasteiger partial charge in [-0.3, -0.25) is 9.48 Å². The van der Waals surface area contributed by atoms with Gasteiger partial charge in [0.2, 0.25) is 0 Å². The Morgan fingerprint density at radius 2 is 2.31 bits per heavy atom. The van der Waals surface area contributed by atoms with Crippen LogP contribution in [0.2, 0.25) is 0 Å². The summed E-state index contributed by atoms with van der Waals surface area (Å²) in [4.78, 5) is 13.9. The zero-order chi connectivity index (χ0) is 12.3. The lowest BCUT2D eigenvalue weighted by Crippen LogP contribution is -2.37. The van der Waals surface area contributed by atoms with Crippen LogP contribution in [0.15, 0.2) is 6.07 Å². The molecule has 0 spiro atoms. The summed E-state index contributed by atoms with van der Waals surface area (Å²) in [5, 5.41) is 5.05. The molecule has 1 heterocycles. The van der Waals surface area contributed by atoms with E-state index in [0.717, 1.165) is 11.0 Å². The summed E-state index contributed by atoms with van der Waals surface area (Å²) in [5.41, 5.74) is 1.54. The molecule has 1 unspecified atom stereocenters. The lowest BCUT2D eigenvalue weighted by Gasteiger charge is -2.23. The first-order valence-corrected chi connectivity index (χ1v) is 6.51. The van der Waals surface area contributed by atoms with Crippen molar-refractivity contribution in [1.29, 1.82) is 0 Å². The van der Waals surface area contributed by atoms with Crippen LogP contribution in [0.4, 0.5) is 0 Å². The summed E-state index contributed by atoms with van der Waals surface area (Å²) in [6.07, 6.45) is 0. The van der Waals surface area contributed by atoms with Gasteiger partial charge in [0, 0.05) is 25.0 Å². The van der Waals surface area contributed by atoms with Crippen LogP contribution in [-0.2, 0) is 6.54 Å². The predicted octanol–water partition coefficient (Wildman–Crippen LogP) is 2.07. The van der Waals surface area contributed by atoms with Gasteiger partial charge < -0.3 is 4.90 Å². The van der Waals surface area contributed by atoms with Crippen LogP contribution in [0.1, 0.15) is 30.0 Å². The van der Waals surface area contributed by atoms with E-state index in [0.29, 0.717) is 12.2 Å². The van der Waals surface area contributed by atoms with Crippen molar-refractivity contribution >= 4 is 21.8 Å². The minimum atomic E-state index is 0.0226. The molecule has 0 radical (unpaired) electrons. The summed E-state index contributed by atoms with van der Waals surface area (Å²) in [5.74, 6) is 0.0226. The largest absolute Gasteiger partial charge is 0.337 e. The summed E-state index contributed by atoms with van der Waals surface area (Å²) in [6, 6.07) is 2.01. The SMILES string of the molecule is CCn1nc(C)cc1C(=O)N(C)C(C)CBr.